The number of hydrogen-bond donors (Lipinski definition) is 1. The van der Waals surface area contributed by atoms with Crippen molar-refractivity contribution >= 4 is 23.3 Å². The smallest absolute Gasteiger partial charge is 0.270 e. The summed E-state index contributed by atoms with van der Waals surface area (Å²) in [5.74, 6) is 0.327. The van der Waals surface area contributed by atoms with Crippen LogP contribution in [0.4, 0.5) is 5.82 Å². The van der Waals surface area contributed by atoms with Gasteiger partial charge in [-0.2, -0.15) is 0 Å². The highest BCUT2D eigenvalue weighted by atomic mass is 32.1. The van der Waals surface area contributed by atoms with E-state index in [1.54, 1.807) is 18.3 Å². The number of amides is 1. The van der Waals surface area contributed by atoms with E-state index in [0.29, 0.717) is 17.1 Å². The van der Waals surface area contributed by atoms with Gasteiger partial charge in [-0.15, -0.1) is 5.10 Å². The van der Waals surface area contributed by atoms with Crippen LogP contribution in [0.2, 0.25) is 0 Å². The number of anilines is 1. The first-order valence-corrected chi connectivity index (χ1v) is 5.62. The Labute approximate surface area is 96.7 Å². The van der Waals surface area contributed by atoms with Crippen molar-refractivity contribution < 1.29 is 4.79 Å². The number of rotatable bonds is 3. The van der Waals surface area contributed by atoms with Gasteiger partial charge >= 0.3 is 0 Å². The Morgan fingerprint density at radius 2 is 2.38 bits per heavy atom. The lowest BCUT2D eigenvalue weighted by Gasteiger charge is -2.01. The molecule has 82 valence electrons. The van der Waals surface area contributed by atoms with Crippen LogP contribution in [-0.4, -0.2) is 20.5 Å². The Balaban J connectivity index is 2.15. The van der Waals surface area contributed by atoms with Crippen LogP contribution in [0, 0.1) is 0 Å². The van der Waals surface area contributed by atoms with Gasteiger partial charge in [-0.05, 0) is 30.1 Å². The van der Waals surface area contributed by atoms with Crippen LogP contribution in [0.15, 0.2) is 24.4 Å². The summed E-state index contributed by atoms with van der Waals surface area (Å²) in [6.07, 6.45) is 2.32. The molecule has 0 bridgehead atoms. The van der Waals surface area contributed by atoms with Gasteiger partial charge in [0, 0.05) is 6.20 Å². The lowest BCUT2D eigenvalue weighted by molar-refractivity contribution is 0.102. The van der Waals surface area contributed by atoms with Gasteiger partial charge in [-0.1, -0.05) is 17.5 Å². The first kappa shape index (κ1) is 10.7. The molecule has 0 saturated carbocycles. The summed E-state index contributed by atoms with van der Waals surface area (Å²) in [7, 11) is 0. The predicted molar refractivity (Wildman–Crippen MR) is 61.5 cm³/mol. The fourth-order valence-electron chi connectivity index (χ4n) is 1.22. The molecule has 2 aromatic heterocycles. The molecule has 0 spiro atoms. The Bertz CT molecular complexity index is 483. The van der Waals surface area contributed by atoms with E-state index in [0.717, 1.165) is 17.2 Å². The number of pyridine rings is 1. The van der Waals surface area contributed by atoms with Gasteiger partial charge in [0.15, 0.2) is 0 Å². The first-order valence-electron chi connectivity index (χ1n) is 4.85. The van der Waals surface area contributed by atoms with E-state index in [4.69, 9.17) is 0 Å². The van der Waals surface area contributed by atoms with Gasteiger partial charge in [-0.25, -0.2) is 4.98 Å². The van der Waals surface area contributed by atoms with Crippen molar-refractivity contribution in [2.45, 2.75) is 13.3 Å². The second-order valence-electron chi connectivity index (χ2n) is 3.07. The molecular weight excluding hydrogens is 224 g/mol. The number of aromatic nitrogens is 3. The van der Waals surface area contributed by atoms with Crippen LogP contribution in [-0.2, 0) is 6.42 Å². The zero-order valence-electron chi connectivity index (χ0n) is 8.67. The van der Waals surface area contributed by atoms with E-state index < -0.39 is 0 Å². The minimum Gasteiger partial charge on any atom is -0.306 e. The van der Waals surface area contributed by atoms with Crippen molar-refractivity contribution in [1.82, 2.24) is 14.6 Å². The zero-order valence-corrected chi connectivity index (χ0v) is 9.49. The third-order valence-corrected chi connectivity index (χ3v) is 2.77. The highest BCUT2D eigenvalue weighted by molar-refractivity contribution is 7.08. The molecule has 6 heteroatoms. The minimum atomic E-state index is -0.203. The minimum absolute atomic E-state index is 0.203. The van der Waals surface area contributed by atoms with E-state index in [1.807, 2.05) is 13.0 Å². The monoisotopic (exact) mass is 234 g/mol. The predicted octanol–water partition coefficient (Wildman–Crippen LogP) is 1.75. The topological polar surface area (TPSA) is 67.8 Å². The molecule has 0 radical (unpaired) electrons. The molecule has 2 heterocycles. The maximum atomic E-state index is 11.8. The summed E-state index contributed by atoms with van der Waals surface area (Å²) in [4.78, 5) is 16.4. The molecule has 0 aliphatic rings. The molecule has 0 atom stereocenters. The van der Waals surface area contributed by atoms with E-state index in [2.05, 4.69) is 19.9 Å². The highest BCUT2D eigenvalue weighted by Crippen LogP contribution is 2.13. The van der Waals surface area contributed by atoms with Crippen molar-refractivity contribution in [3.05, 3.63) is 35.0 Å². The van der Waals surface area contributed by atoms with Crippen LogP contribution in [0.25, 0.3) is 0 Å². The molecule has 16 heavy (non-hydrogen) atoms. The van der Waals surface area contributed by atoms with Crippen LogP contribution in [0.3, 0.4) is 0 Å². The van der Waals surface area contributed by atoms with E-state index in [1.165, 1.54) is 0 Å². The van der Waals surface area contributed by atoms with Crippen LogP contribution in [0.5, 0.6) is 0 Å². The van der Waals surface area contributed by atoms with E-state index >= 15 is 0 Å². The summed E-state index contributed by atoms with van der Waals surface area (Å²) in [5, 5.41) is 6.58. The van der Waals surface area contributed by atoms with Gasteiger partial charge in [0.05, 0.1) is 5.69 Å². The Hall–Kier alpha value is -1.82. The van der Waals surface area contributed by atoms with Gasteiger partial charge in [0.25, 0.3) is 5.91 Å². The molecule has 2 rings (SSSR count). The molecule has 1 N–H and O–H groups in total. The van der Waals surface area contributed by atoms with Crippen LogP contribution >= 0.6 is 11.5 Å². The number of aryl methyl sites for hydroxylation is 1. The third-order valence-electron chi connectivity index (χ3n) is 2.00. The maximum Gasteiger partial charge on any atom is 0.270 e. The second kappa shape index (κ2) is 4.80. The van der Waals surface area contributed by atoms with Crippen molar-refractivity contribution in [2.75, 3.05) is 5.32 Å². The highest BCUT2D eigenvalue weighted by Gasteiger charge is 2.15. The number of carbonyl (C=O) groups is 1. The fourth-order valence-corrected chi connectivity index (χ4v) is 1.87. The molecule has 0 saturated heterocycles. The molecule has 0 fully saturated rings. The second-order valence-corrected chi connectivity index (χ2v) is 3.83. The molecule has 0 aliphatic heterocycles. The lowest BCUT2D eigenvalue weighted by atomic mass is 10.3. The van der Waals surface area contributed by atoms with E-state index in [9.17, 15) is 4.79 Å². The average Bonchev–Trinajstić information content (AvgIpc) is 2.78. The number of carbonyl (C=O) groups excluding carboxylic acids is 1. The van der Waals surface area contributed by atoms with Crippen molar-refractivity contribution in [1.29, 1.82) is 0 Å². The van der Waals surface area contributed by atoms with Crippen LogP contribution < -0.4 is 5.32 Å². The Morgan fingerprint density at radius 1 is 1.50 bits per heavy atom. The van der Waals surface area contributed by atoms with Crippen LogP contribution in [0.1, 0.15) is 22.3 Å². The normalized spacial score (nSPS) is 10.1. The Kier molecular flexibility index (Phi) is 3.21. The standard InChI is InChI=1S/C10H10N4OS/c1-2-7-9(16-14-13-7)10(15)12-8-5-3-4-6-11-8/h3-6H,2H2,1H3,(H,11,12,15). The molecule has 0 aromatic carbocycles. The molecular formula is C10H10N4OS. The summed E-state index contributed by atoms with van der Waals surface area (Å²) >= 11 is 1.10. The average molecular weight is 234 g/mol. The molecule has 5 nitrogen and oxygen atoms in total. The number of hydrogen-bond acceptors (Lipinski definition) is 5. The number of nitrogens with one attached hydrogen (secondary N) is 1. The van der Waals surface area contributed by atoms with Gasteiger partial charge in [0.2, 0.25) is 0 Å². The van der Waals surface area contributed by atoms with E-state index in [-0.39, 0.29) is 5.91 Å². The summed E-state index contributed by atoms with van der Waals surface area (Å²) < 4.78 is 3.77. The summed E-state index contributed by atoms with van der Waals surface area (Å²) in [6, 6.07) is 5.34. The SMILES string of the molecule is CCc1nnsc1C(=O)Nc1ccccn1. The van der Waals surface area contributed by atoms with Crippen molar-refractivity contribution in [3.63, 3.8) is 0 Å². The molecule has 1 amide bonds. The fraction of sp³-hybridized carbons (Fsp3) is 0.200. The Morgan fingerprint density at radius 3 is 3.06 bits per heavy atom. The molecule has 0 unspecified atom stereocenters. The van der Waals surface area contributed by atoms with Crippen molar-refractivity contribution in [2.24, 2.45) is 0 Å². The van der Waals surface area contributed by atoms with Gasteiger partial charge in [0.1, 0.15) is 10.7 Å². The summed E-state index contributed by atoms with van der Waals surface area (Å²) in [5.41, 5.74) is 0.721. The van der Waals surface area contributed by atoms with Gasteiger partial charge in [-0.3, -0.25) is 4.79 Å². The lowest BCUT2D eigenvalue weighted by Crippen LogP contribution is -2.13. The number of nitrogens with zero attached hydrogens (tertiary/aromatic N) is 3. The summed E-state index contributed by atoms with van der Waals surface area (Å²) in [6.45, 7) is 1.94. The first-order chi connectivity index (χ1) is 7.81. The van der Waals surface area contributed by atoms with Crippen molar-refractivity contribution in [3.8, 4) is 0 Å². The maximum absolute atomic E-state index is 11.8. The third kappa shape index (κ3) is 2.22. The molecule has 2 aromatic rings. The largest absolute Gasteiger partial charge is 0.306 e. The zero-order chi connectivity index (χ0) is 11.4. The quantitative estimate of drug-likeness (QED) is 0.878. The molecule has 0 aliphatic carbocycles. The van der Waals surface area contributed by atoms with Gasteiger partial charge < -0.3 is 5.32 Å².